The highest BCUT2D eigenvalue weighted by Gasteiger charge is 2.33. The van der Waals surface area contributed by atoms with Crippen LogP contribution in [0.3, 0.4) is 0 Å². The van der Waals surface area contributed by atoms with Crippen molar-refractivity contribution >= 4 is 34.4 Å². The van der Waals surface area contributed by atoms with E-state index in [1.165, 1.54) is 35.9 Å². The second-order valence-corrected chi connectivity index (χ2v) is 7.76. The molecular weight excluding hydrogens is 409 g/mol. The molecule has 3 rings (SSSR count). The lowest BCUT2D eigenvalue weighted by Gasteiger charge is -2.20. The molecule has 0 spiro atoms. The summed E-state index contributed by atoms with van der Waals surface area (Å²) in [5, 5.41) is 10.9. The smallest absolute Gasteiger partial charge is 0.311 e. The van der Waals surface area contributed by atoms with Crippen LogP contribution in [0.25, 0.3) is 10.9 Å². The number of carboxylic acids is 1. The summed E-state index contributed by atoms with van der Waals surface area (Å²) in [5.74, 6) is -2.39. The molecule has 0 radical (unpaired) electrons. The number of hydrogen-bond acceptors (Lipinski definition) is 3. The van der Waals surface area contributed by atoms with E-state index in [1.807, 2.05) is 13.8 Å². The van der Waals surface area contributed by atoms with Gasteiger partial charge in [0.15, 0.2) is 0 Å². The molecule has 7 heteroatoms. The third-order valence-corrected chi connectivity index (χ3v) is 5.91. The van der Waals surface area contributed by atoms with Gasteiger partial charge >= 0.3 is 5.97 Å². The summed E-state index contributed by atoms with van der Waals surface area (Å²) < 4.78 is 20.1. The van der Waals surface area contributed by atoms with E-state index >= 15 is 0 Å². The fraction of sp³-hybridized carbons (Fsp3) is 0.304. The zero-order valence-corrected chi connectivity index (χ0v) is 18.0. The lowest BCUT2D eigenvalue weighted by molar-refractivity contribution is -0.140. The van der Waals surface area contributed by atoms with E-state index in [0.717, 1.165) is 0 Å². The predicted molar refractivity (Wildman–Crippen MR) is 114 cm³/mol. The maximum Gasteiger partial charge on any atom is 0.311 e. The maximum absolute atomic E-state index is 13.3. The first-order valence-electron chi connectivity index (χ1n) is 9.62. The van der Waals surface area contributed by atoms with Crippen LogP contribution in [0.2, 0.25) is 5.02 Å². The third-order valence-electron chi connectivity index (χ3n) is 5.61. The van der Waals surface area contributed by atoms with Gasteiger partial charge in [-0.3, -0.25) is 14.2 Å². The van der Waals surface area contributed by atoms with Gasteiger partial charge in [0.25, 0.3) is 5.91 Å². The Kier molecular flexibility index (Phi) is 6.17. The van der Waals surface area contributed by atoms with Gasteiger partial charge in [0.2, 0.25) is 0 Å². The Morgan fingerprint density at radius 1 is 1.23 bits per heavy atom. The molecule has 3 aromatic rings. The van der Waals surface area contributed by atoms with Crippen molar-refractivity contribution in [2.45, 2.75) is 33.1 Å². The molecule has 0 bridgehead atoms. The lowest BCUT2D eigenvalue weighted by atomic mass is 9.84. The highest BCUT2D eigenvalue weighted by atomic mass is 35.5. The van der Waals surface area contributed by atoms with Gasteiger partial charge in [-0.25, -0.2) is 4.39 Å². The van der Waals surface area contributed by atoms with Crippen LogP contribution < -0.4 is 4.74 Å². The number of nitrogens with zero attached hydrogens (tertiary/aromatic N) is 1. The number of hydrogen-bond donors (Lipinski definition) is 1. The summed E-state index contributed by atoms with van der Waals surface area (Å²) in [4.78, 5) is 25.5. The minimum atomic E-state index is -0.963. The molecular formula is C23H23ClFNO4. The molecule has 158 valence electrons. The van der Waals surface area contributed by atoms with Gasteiger partial charge in [-0.2, -0.15) is 0 Å². The molecule has 0 saturated carbocycles. The van der Waals surface area contributed by atoms with Crippen LogP contribution in [0.15, 0.2) is 36.4 Å². The molecule has 2 atom stereocenters. The summed E-state index contributed by atoms with van der Waals surface area (Å²) in [6.07, 6.45) is 0.652. The number of aliphatic carboxylic acids is 1. The second-order valence-electron chi connectivity index (χ2n) is 7.35. The van der Waals surface area contributed by atoms with Crippen LogP contribution in [-0.4, -0.2) is 28.7 Å². The number of halogens is 2. The van der Waals surface area contributed by atoms with Crippen LogP contribution >= 0.6 is 11.6 Å². The Bertz CT molecular complexity index is 1120. The van der Waals surface area contributed by atoms with Crippen LogP contribution in [0.4, 0.5) is 4.39 Å². The van der Waals surface area contributed by atoms with E-state index in [0.29, 0.717) is 39.4 Å². The van der Waals surface area contributed by atoms with Crippen LogP contribution in [0.5, 0.6) is 5.75 Å². The Labute approximate surface area is 179 Å². The number of methoxy groups -OCH3 is 1. The average molecular weight is 432 g/mol. The minimum Gasteiger partial charge on any atom is -0.495 e. The fourth-order valence-corrected chi connectivity index (χ4v) is 4.09. The normalized spacial score (nSPS) is 13.3. The number of ether oxygens (including phenoxy) is 1. The molecule has 30 heavy (non-hydrogen) atoms. The molecule has 0 aliphatic rings. The van der Waals surface area contributed by atoms with Gasteiger partial charge in [-0.1, -0.05) is 31.9 Å². The van der Waals surface area contributed by atoms with E-state index in [-0.39, 0.29) is 11.5 Å². The number of aromatic nitrogens is 1. The zero-order valence-electron chi connectivity index (χ0n) is 17.2. The molecule has 0 aliphatic heterocycles. The van der Waals surface area contributed by atoms with Crippen molar-refractivity contribution in [2.75, 3.05) is 7.11 Å². The Morgan fingerprint density at radius 3 is 2.40 bits per heavy atom. The second kappa shape index (κ2) is 8.48. The van der Waals surface area contributed by atoms with Crippen LogP contribution in [0, 0.1) is 18.7 Å². The molecule has 1 heterocycles. The summed E-state index contributed by atoms with van der Waals surface area (Å²) in [6, 6.07) is 8.50. The van der Waals surface area contributed by atoms with Gasteiger partial charge < -0.3 is 9.84 Å². The molecule has 5 nitrogen and oxygen atoms in total. The van der Waals surface area contributed by atoms with Crippen LogP contribution in [0.1, 0.15) is 47.8 Å². The molecule has 0 amide bonds. The maximum atomic E-state index is 13.3. The first-order chi connectivity index (χ1) is 14.2. The van der Waals surface area contributed by atoms with Crippen molar-refractivity contribution in [3.05, 3.63) is 64.1 Å². The summed E-state index contributed by atoms with van der Waals surface area (Å²) >= 11 is 6.32. The molecule has 0 fully saturated rings. The van der Waals surface area contributed by atoms with Gasteiger partial charge in [-0.05, 0) is 54.8 Å². The number of benzene rings is 2. The first-order valence-corrected chi connectivity index (χ1v) is 10.0. The molecule has 1 aromatic heterocycles. The number of carbonyl (C=O) groups excluding carboxylic acids is 1. The van der Waals surface area contributed by atoms with E-state index in [1.54, 1.807) is 19.1 Å². The van der Waals surface area contributed by atoms with Gasteiger partial charge in [-0.15, -0.1) is 0 Å². The molecule has 0 aliphatic carbocycles. The van der Waals surface area contributed by atoms with Crippen molar-refractivity contribution in [3.63, 3.8) is 0 Å². The Balaban J connectivity index is 2.36. The minimum absolute atomic E-state index is 0.164. The summed E-state index contributed by atoms with van der Waals surface area (Å²) in [5.41, 5.74) is 1.83. The lowest BCUT2D eigenvalue weighted by Crippen LogP contribution is -2.21. The predicted octanol–water partition coefficient (Wildman–Crippen LogP) is 5.65. The van der Waals surface area contributed by atoms with E-state index in [2.05, 4.69) is 0 Å². The van der Waals surface area contributed by atoms with E-state index in [9.17, 15) is 19.1 Å². The zero-order chi connectivity index (χ0) is 22.2. The number of fused-ring (bicyclic) bond motifs is 1. The monoisotopic (exact) mass is 431 g/mol. The highest BCUT2D eigenvalue weighted by Crippen LogP contribution is 2.41. The standard InChI is InChI=1S/C23H23ClFNO4/c1-5-12(2)20(23(28)29)21-13(3)26(22(27)14-6-8-15(25)9-7-14)18-11-17(24)19(30-4)10-16(18)21/h6-12,20H,5H2,1-4H3,(H,28,29)/t12?,20-/m1/s1. The molecule has 1 N–H and O–H groups in total. The van der Waals surface area contributed by atoms with Crippen molar-refractivity contribution in [2.24, 2.45) is 5.92 Å². The van der Waals surface area contributed by atoms with Gasteiger partial charge in [0, 0.05) is 16.6 Å². The van der Waals surface area contributed by atoms with E-state index in [4.69, 9.17) is 16.3 Å². The van der Waals surface area contributed by atoms with Crippen molar-refractivity contribution in [3.8, 4) is 5.75 Å². The van der Waals surface area contributed by atoms with Gasteiger partial charge in [0.1, 0.15) is 11.6 Å². The highest BCUT2D eigenvalue weighted by molar-refractivity contribution is 6.33. The molecule has 0 saturated heterocycles. The summed E-state index contributed by atoms with van der Waals surface area (Å²) in [6.45, 7) is 5.52. The third kappa shape index (κ3) is 3.67. The molecule has 1 unspecified atom stereocenters. The SMILES string of the molecule is CCC(C)[C@@H](C(=O)O)c1c(C)n(C(=O)c2ccc(F)cc2)c2cc(Cl)c(OC)cc12. The quantitative estimate of drug-likeness (QED) is 0.547. The fourth-order valence-electron chi connectivity index (χ4n) is 3.86. The Morgan fingerprint density at radius 2 is 1.87 bits per heavy atom. The Hall–Kier alpha value is -2.86. The van der Waals surface area contributed by atoms with Crippen molar-refractivity contribution < 1.29 is 23.8 Å². The van der Waals surface area contributed by atoms with Crippen molar-refractivity contribution in [1.29, 1.82) is 0 Å². The number of carbonyl (C=O) groups is 2. The number of carboxylic acid groups (broad SMARTS) is 1. The van der Waals surface area contributed by atoms with E-state index < -0.39 is 23.6 Å². The number of rotatable bonds is 6. The van der Waals surface area contributed by atoms with Gasteiger partial charge in [0.05, 0.1) is 23.6 Å². The largest absolute Gasteiger partial charge is 0.495 e. The first kappa shape index (κ1) is 21.8. The summed E-state index contributed by atoms with van der Waals surface area (Å²) in [7, 11) is 1.48. The van der Waals surface area contributed by atoms with Crippen LogP contribution in [-0.2, 0) is 4.79 Å². The topological polar surface area (TPSA) is 68.5 Å². The molecule has 2 aromatic carbocycles. The van der Waals surface area contributed by atoms with Crippen molar-refractivity contribution in [1.82, 2.24) is 4.57 Å². The average Bonchev–Trinajstić information content (AvgIpc) is 2.98.